The fourth-order valence-electron chi connectivity index (χ4n) is 4.53. The Morgan fingerprint density at radius 1 is 1.04 bits per heavy atom. The standard InChI is InChI=1S/C21H33N3O/c22-13-7-2-1-6-10-21(25)23-18-14-19-11-12-20(15-18)24(19)16-17-8-4-3-5-9-17/h3-5,8-9,18-20H,1-2,6-7,10-16,22H2,(H,23,25). The number of nitrogens with zero attached hydrogens (tertiary/aromatic N) is 1. The van der Waals surface area contributed by atoms with E-state index in [-0.39, 0.29) is 5.91 Å². The molecule has 2 saturated heterocycles. The number of nitrogens with one attached hydrogen (secondary N) is 1. The second kappa shape index (κ2) is 9.35. The first-order valence-electron chi connectivity index (χ1n) is 10.1. The molecule has 0 aromatic heterocycles. The quantitative estimate of drug-likeness (QED) is 0.677. The Morgan fingerprint density at radius 2 is 1.72 bits per heavy atom. The lowest BCUT2D eigenvalue weighted by Gasteiger charge is -2.39. The van der Waals surface area contributed by atoms with Crippen LogP contribution in [0.2, 0.25) is 0 Å². The van der Waals surface area contributed by atoms with Gasteiger partial charge in [-0.1, -0.05) is 43.2 Å². The monoisotopic (exact) mass is 343 g/mol. The van der Waals surface area contributed by atoms with E-state index in [1.165, 1.54) is 18.4 Å². The maximum Gasteiger partial charge on any atom is 0.220 e. The number of rotatable bonds is 9. The Hall–Kier alpha value is -1.39. The highest BCUT2D eigenvalue weighted by Gasteiger charge is 2.40. The Balaban J connectivity index is 1.41. The van der Waals surface area contributed by atoms with Gasteiger partial charge >= 0.3 is 0 Å². The summed E-state index contributed by atoms with van der Waals surface area (Å²) in [6.07, 6.45) is 9.79. The predicted molar refractivity (Wildman–Crippen MR) is 102 cm³/mol. The summed E-state index contributed by atoms with van der Waals surface area (Å²) in [5, 5.41) is 3.30. The number of amides is 1. The van der Waals surface area contributed by atoms with Crippen LogP contribution in [0.3, 0.4) is 0 Å². The van der Waals surface area contributed by atoms with Crippen molar-refractivity contribution < 1.29 is 4.79 Å². The number of benzene rings is 1. The van der Waals surface area contributed by atoms with Crippen LogP contribution >= 0.6 is 0 Å². The van der Waals surface area contributed by atoms with Gasteiger partial charge in [0.2, 0.25) is 5.91 Å². The highest BCUT2D eigenvalue weighted by Crippen LogP contribution is 2.36. The van der Waals surface area contributed by atoms with E-state index in [2.05, 4.69) is 40.5 Å². The zero-order chi connectivity index (χ0) is 17.5. The van der Waals surface area contributed by atoms with Gasteiger partial charge in [0.25, 0.3) is 0 Å². The first-order valence-corrected chi connectivity index (χ1v) is 10.1. The van der Waals surface area contributed by atoms with Gasteiger partial charge in [-0.15, -0.1) is 0 Å². The third-order valence-corrected chi connectivity index (χ3v) is 5.82. The number of fused-ring (bicyclic) bond motifs is 2. The second-order valence-corrected chi connectivity index (χ2v) is 7.73. The van der Waals surface area contributed by atoms with Gasteiger partial charge in [0.15, 0.2) is 0 Å². The van der Waals surface area contributed by atoms with Crippen LogP contribution in [-0.2, 0) is 11.3 Å². The van der Waals surface area contributed by atoms with Gasteiger partial charge in [0, 0.05) is 31.1 Å². The molecule has 4 nitrogen and oxygen atoms in total. The molecule has 2 fully saturated rings. The van der Waals surface area contributed by atoms with Crippen LogP contribution < -0.4 is 11.1 Å². The molecule has 0 saturated carbocycles. The average Bonchev–Trinajstić information content (AvgIpc) is 2.85. The van der Waals surface area contributed by atoms with Crippen LogP contribution in [0, 0.1) is 0 Å². The minimum absolute atomic E-state index is 0.244. The van der Waals surface area contributed by atoms with Gasteiger partial charge in [-0.3, -0.25) is 9.69 Å². The minimum atomic E-state index is 0.244. The molecule has 1 aromatic carbocycles. The Labute approximate surface area is 152 Å². The molecule has 2 aliphatic heterocycles. The molecule has 25 heavy (non-hydrogen) atoms. The summed E-state index contributed by atoms with van der Waals surface area (Å²) in [4.78, 5) is 14.9. The zero-order valence-corrected chi connectivity index (χ0v) is 15.3. The first kappa shape index (κ1) is 18.4. The van der Waals surface area contributed by atoms with Crippen LogP contribution in [0.4, 0.5) is 0 Å². The number of nitrogens with two attached hydrogens (primary N) is 1. The maximum atomic E-state index is 12.2. The number of hydrogen-bond donors (Lipinski definition) is 2. The number of carbonyl (C=O) groups excluding carboxylic acids is 1. The lowest BCUT2D eigenvalue weighted by atomic mass is 9.96. The molecular weight excluding hydrogens is 310 g/mol. The smallest absolute Gasteiger partial charge is 0.220 e. The molecular formula is C21H33N3O. The van der Waals surface area contributed by atoms with E-state index in [9.17, 15) is 4.79 Å². The van der Waals surface area contributed by atoms with Crippen LogP contribution in [0.5, 0.6) is 0 Å². The summed E-state index contributed by atoms with van der Waals surface area (Å²) >= 11 is 0. The van der Waals surface area contributed by atoms with Crippen molar-refractivity contribution in [1.82, 2.24) is 10.2 Å². The number of piperidine rings is 1. The lowest BCUT2D eigenvalue weighted by molar-refractivity contribution is -0.122. The molecule has 0 radical (unpaired) electrons. The van der Waals surface area contributed by atoms with Crippen molar-refractivity contribution in [2.45, 2.75) is 82.5 Å². The predicted octanol–water partition coefficient (Wildman–Crippen LogP) is 3.21. The number of carbonyl (C=O) groups is 1. The van der Waals surface area contributed by atoms with E-state index in [0.29, 0.717) is 24.5 Å². The zero-order valence-electron chi connectivity index (χ0n) is 15.3. The van der Waals surface area contributed by atoms with Gasteiger partial charge in [0.1, 0.15) is 0 Å². The molecule has 1 amide bonds. The fourth-order valence-corrected chi connectivity index (χ4v) is 4.53. The topological polar surface area (TPSA) is 58.4 Å². The fraction of sp³-hybridized carbons (Fsp3) is 0.667. The molecule has 2 atom stereocenters. The summed E-state index contributed by atoms with van der Waals surface area (Å²) in [6.45, 7) is 1.81. The second-order valence-electron chi connectivity index (χ2n) is 7.73. The SMILES string of the molecule is NCCCCCCC(=O)NC1CC2CCC(C1)N2Cc1ccccc1. The molecule has 2 heterocycles. The maximum absolute atomic E-state index is 12.2. The molecule has 4 heteroatoms. The van der Waals surface area contributed by atoms with Crippen molar-refractivity contribution in [2.75, 3.05) is 6.54 Å². The van der Waals surface area contributed by atoms with Gasteiger partial charge in [-0.25, -0.2) is 0 Å². The summed E-state index contributed by atoms with van der Waals surface area (Å²) in [5.41, 5.74) is 6.90. The van der Waals surface area contributed by atoms with Gasteiger partial charge in [-0.05, 0) is 50.6 Å². The van der Waals surface area contributed by atoms with Crippen LogP contribution in [0.15, 0.2) is 30.3 Å². The van der Waals surface area contributed by atoms with E-state index >= 15 is 0 Å². The largest absolute Gasteiger partial charge is 0.353 e. The van der Waals surface area contributed by atoms with Crippen molar-refractivity contribution in [3.63, 3.8) is 0 Å². The molecule has 0 spiro atoms. The third kappa shape index (κ3) is 5.29. The molecule has 3 rings (SSSR count). The van der Waals surface area contributed by atoms with Crippen molar-refractivity contribution in [3.05, 3.63) is 35.9 Å². The molecule has 3 N–H and O–H groups in total. The summed E-state index contributed by atoms with van der Waals surface area (Å²) in [7, 11) is 0. The Morgan fingerprint density at radius 3 is 2.40 bits per heavy atom. The Kier molecular flexibility index (Phi) is 6.88. The van der Waals surface area contributed by atoms with Crippen molar-refractivity contribution in [1.29, 1.82) is 0 Å². The summed E-state index contributed by atoms with van der Waals surface area (Å²) in [5.74, 6) is 0.244. The van der Waals surface area contributed by atoms with Gasteiger partial charge < -0.3 is 11.1 Å². The highest BCUT2D eigenvalue weighted by molar-refractivity contribution is 5.76. The number of hydrogen-bond acceptors (Lipinski definition) is 3. The Bertz CT molecular complexity index is 519. The van der Waals surface area contributed by atoms with Crippen molar-refractivity contribution >= 4 is 5.91 Å². The first-order chi connectivity index (χ1) is 12.3. The summed E-state index contributed by atoms with van der Waals surface area (Å²) < 4.78 is 0. The molecule has 2 bridgehead atoms. The molecule has 0 aliphatic carbocycles. The van der Waals surface area contributed by atoms with Crippen molar-refractivity contribution in [3.8, 4) is 0 Å². The van der Waals surface area contributed by atoms with E-state index in [4.69, 9.17) is 5.73 Å². The van der Waals surface area contributed by atoms with E-state index in [1.54, 1.807) is 0 Å². The molecule has 138 valence electrons. The van der Waals surface area contributed by atoms with Crippen LogP contribution in [-0.4, -0.2) is 35.5 Å². The minimum Gasteiger partial charge on any atom is -0.353 e. The molecule has 1 aromatic rings. The third-order valence-electron chi connectivity index (χ3n) is 5.82. The van der Waals surface area contributed by atoms with E-state index < -0.39 is 0 Å². The highest BCUT2D eigenvalue weighted by atomic mass is 16.1. The normalized spacial score (nSPS) is 25.9. The van der Waals surface area contributed by atoms with E-state index in [1.807, 2.05) is 0 Å². The average molecular weight is 344 g/mol. The van der Waals surface area contributed by atoms with Gasteiger partial charge in [-0.2, -0.15) is 0 Å². The van der Waals surface area contributed by atoms with Crippen molar-refractivity contribution in [2.24, 2.45) is 5.73 Å². The summed E-state index contributed by atoms with van der Waals surface area (Å²) in [6, 6.07) is 12.4. The molecule has 2 unspecified atom stereocenters. The lowest BCUT2D eigenvalue weighted by Crippen LogP contribution is -2.49. The van der Waals surface area contributed by atoms with Gasteiger partial charge in [0.05, 0.1) is 0 Å². The molecule has 2 aliphatic rings. The van der Waals surface area contributed by atoms with Crippen LogP contribution in [0.25, 0.3) is 0 Å². The van der Waals surface area contributed by atoms with E-state index in [0.717, 1.165) is 51.6 Å². The van der Waals surface area contributed by atoms with Crippen LogP contribution in [0.1, 0.15) is 63.4 Å². The number of unbranched alkanes of at least 4 members (excludes halogenated alkanes) is 3.